The predicted octanol–water partition coefficient (Wildman–Crippen LogP) is 4.63. The maximum Gasteiger partial charge on any atom is 0.0869 e. The first-order valence-electron chi connectivity index (χ1n) is 8.84. The van der Waals surface area contributed by atoms with Crippen LogP contribution in [0.2, 0.25) is 0 Å². The molecule has 3 rings (SSSR count). The molecule has 0 aromatic carbocycles. The monoisotopic (exact) mass is 278 g/mol. The number of hydrogen-bond donors (Lipinski definition) is 0. The summed E-state index contributed by atoms with van der Waals surface area (Å²) in [5.41, 5.74) is 0. The second-order valence-electron chi connectivity index (χ2n) is 6.84. The standard InChI is InChI=1S/C18H30O2/c1-2-16-18(19-15-11-8-12-15)13-17(20-16)14-9-6-4-3-5-7-10-14/h8,11,14-18H,2-7,9-10,12-13H2,1H3/t15?,16?,17-,18-/m1/s1. The maximum atomic E-state index is 6.38. The van der Waals surface area contributed by atoms with Crippen molar-refractivity contribution in [3.05, 3.63) is 12.2 Å². The summed E-state index contributed by atoms with van der Waals surface area (Å²) in [6.45, 7) is 2.23. The Morgan fingerprint density at radius 3 is 2.40 bits per heavy atom. The van der Waals surface area contributed by atoms with Crippen molar-refractivity contribution >= 4 is 0 Å². The lowest BCUT2D eigenvalue weighted by Crippen LogP contribution is -2.29. The lowest BCUT2D eigenvalue weighted by Gasteiger charge is -2.25. The molecule has 2 fully saturated rings. The van der Waals surface area contributed by atoms with Gasteiger partial charge < -0.3 is 9.47 Å². The lowest BCUT2D eigenvalue weighted by molar-refractivity contribution is -0.0541. The molecule has 1 saturated carbocycles. The minimum atomic E-state index is 0.333. The smallest absolute Gasteiger partial charge is 0.0869 e. The van der Waals surface area contributed by atoms with Gasteiger partial charge in [0.1, 0.15) is 0 Å². The van der Waals surface area contributed by atoms with Crippen LogP contribution < -0.4 is 0 Å². The van der Waals surface area contributed by atoms with Crippen molar-refractivity contribution in [3.8, 4) is 0 Å². The summed E-state index contributed by atoms with van der Waals surface area (Å²) in [5, 5.41) is 0. The second kappa shape index (κ2) is 7.09. The van der Waals surface area contributed by atoms with Crippen molar-refractivity contribution in [1.82, 2.24) is 0 Å². The van der Waals surface area contributed by atoms with Gasteiger partial charge in [-0.3, -0.25) is 0 Å². The summed E-state index contributed by atoms with van der Waals surface area (Å²) in [4.78, 5) is 0. The van der Waals surface area contributed by atoms with Gasteiger partial charge in [-0.25, -0.2) is 0 Å². The van der Waals surface area contributed by atoms with E-state index < -0.39 is 0 Å². The van der Waals surface area contributed by atoms with Gasteiger partial charge in [-0.1, -0.05) is 51.2 Å². The van der Waals surface area contributed by atoms with Gasteiger partial charge in [0.05, 0.1) is 24.4 Å². The Balaban J connectivity index is 1.55. The topological polar surface area (TPSA) is 18.5 Å². The molecule has 1 heterocycles. The summed E-state index contributed by atoms with van der Waals surface area (Å²) in [7, 11) is 0. The molecule has 2 aliphatic carbocycles. The largest absolute Gasteiger partial charge is 0.372 e. The van der Waals surface area contributed by atoms with Gasteiger partial charge in [0.15, 0.2) is 0 Å². The first-order chi connectivity index (χ1) is 9.86. The highest BCUT2D eigenvalue weighted by Gasteiger charge is 2.39. The molecule has 0 aromatic rings. The zero-order valence-corrected chi connectivity index (χ0v) is 12.9. The zero-order valence-electron chi connectivity index (χ0n) is 12.9. The molecule has 20 heavy (non-hydrogen) atoms. The molecule has 0 aromatic heterocycles. The molecule has 114 valence electrons. The molecule has 4 atom stereocenters. The second-order valence-corrected chi connectivity index (χ2v) is 6.84. The van der Waals surface area contributed by atoms with E-state index >= 15 is 0 Å². The van der Waals surface area contributed by atoms with Crippen molar-refractivity contribution in [2.24, 2.45) is 5.92 Å². The van der Waals surface area contributed by atoms with Gasteiger partial charge in [-0.05, 0) is 31.6 Å². The van der Waals surface area contributed by atoms with Crippen LogP contribution in [0.25, 0.3) is 0 Å². The summed E-state index contributed by atoms with van der Waals surface area (Å²) in [5.74, 6) is 0.787. The molecular weight excluding hydrogens is 248 g/mol. The van der Waals surface area contributed by atoms with Crippen LogP contribution in [0.1, 0.15) is 71.1 Å². The summed E-state index contributed by atoms with van der Waals surface area (Å²) < 4.78 is 12.6. The third-order valence-electron chi connectivity index (χ3n) is 5.38. The van der Waals surface area contributed by atoms with Crippen LogP contribution in [0.5, 0.6) is 0 Å². The van der Waals surface area contributed by atoms with Crippen LogP contribution >= 0.6 is 0 Å². The highest BCUT2D eigenvalue weighted by Crippen LogP contribution is 2.36. The number of hydrogen-bond acceptors (Lipinski definition) is 2. The third kappa shape index (κ3) is 3.46. The van der Waals surface area contributed by atoms with Gasteiger partial charge in [0.25, 0.3) is 0 Å². The third-order valence-corrected chi connectivity index (χ3v) is 5.38. The fourth-order valence-corrected chi connectivity index (χ4v) is 3.99. The van der Waals surface area contributed by atoms with Crippen LogP contribution in [0.3, 0.4) is 0 Å². The minimum absolute atomic E-state index is 0.333. The van der Waals surface area contributed by atoms with E-state index in [4.69, 9.17) is 9.47 Å². The highest BCUT2D eigenvalue weighted by atomic mass is 16.6. The average molecular weight is 278 g/mol. The number of rotatable bonds is 4. The van der Waals surface area contributed by atoms with Gasteiger partial charge >= 0.3 is 0 Å². The maximum absolute atomic E-state index is 6.38. The SMILES string of the molecule is CCC1O[C@@H](C2CCCCCCC2)C[C@H]1OC1C=CC1. The van der Waals surface area contributed by atoms with Crippen molar-refractivity contribution in [2.75, 3.05) is 0 Å². The normalized spacial score (nSPS) is 39.2. The molecule has 0 spiro atoms. The van der Waals surface area contributed by atoms with E-state index in [2.05, 4.69) is 19.1 Å². The molecule has 0 bridgehead atoms. The summed E-state index contributed by atoms with van der Waals surface area (Å²) >= 11 is 0. The predicted molar refractivity (Wildman–Crippen MR) is 81.8 cm³/mol. The molecular formula is C18H30O2. The fraction of sp³-hybridized carbons (Fsp3) is 0.889. The van der Waals surface area contributed by atoms with E-state index in [9.17, 15) is 0 Å². The van der Waals surface area contributed by atoms with Crippen molar-refractivity contribution < 1.29 is 9.47 Å². The summed E-state index contributed by atoms with van der Waals surface area (Å²) in [6, 6.07) is 0. The van der Waals surface area contributed by atoms with E-state index in [0.29, 0.717) is 24.4 Å². The van der Waals surface area contributed by atoms with Gasteiger partial charge in [0, 0.05) is 6.42 Å². The number of ether oxygens (including phenoxy) is 2. The summed E-state index contributed by atoms with van der Waals surface area (Å²) in [6.07, 6.45) is 19.1. The van der Waals surface area contributed by atoms with Crippen LogP contribution in [-0.4, -0.2) is 24.4 Å². The Labute approximate surface area is 123 Å². The quantitative estimate of drug-likeness (QED) is 0.698. The molecule has 2 heteroatoms. The Bertz CT molecular complexity index is 317. The van der Waals surface area contributed by atoms with E-state index in [0.717, 1.165) is 25.2 Å². The first-order valence-corrected chi connectivity index (χ1v) is 8.84. The van der Waals surface area contributed by atoms with Crippen LogP contribution in [-0.2, 0) is 9.47 Å². The average Bonchev–Trinajstić information content (AvgIpc) is 2.76. The molecule has 0 amide bonds. The van der Waals surface area contributed by atoms with Crippen molar-refractivity contribution in [3.63, 3.8) is 0 Å². The molecule has 2 unspecified atom stereocenters. The zero-order chi connectivity index (χ0) is 13.8. The minimum Gasteiger partial charge on any atom is -0.372 e. The molecule has 2 nitrogen and oxygen atoms in total. The molecule has 3 aliphatic rings. The van der Waals surface area contributed by atoms with Gasteiger partial charge in [0.2, 0.25) is 0 Å². The van der Waals surface area contributed by atoms with Gasteiger partial charge in [-0.15, -0.1) is 0 Å². The van der Waals surface area contributed by atoms with E-state index in [1.165, 1.54) is 44.9 Å². The van der Waals surface area contributed by atoms with E-state index in [1.807, 2.05) is 0 Å². The fourth-order valence-electron chi connectivity index (χ4n) is 3.99. The lowest BCUT2D eigenvalue weighted by atomic mass is 9.86. The van der Waals surface area contributed by atoms with Crippen LogP contribution in [0, 0.1) is 5.92 Å². The molecule has 0 radical (unpaired) electrons. The Morgan fingerprint density at radius 1 is 1.10 bits per heavy atom. The Hall–Kier alpha value is -0.340. The van der Waals surface area contributed by atoms with Crippen molar-refractivity contribution in [1.29, 1.82) is 0 Å². The Morgan fingerprint density at radius 2 is 1.80 bits per heavy atom. The molecule has 0 N–H and O–H groups in total. The van der Waals surface area contributed by atoms with Crippen LogP contribution in [0.15, 0.2) is 12.2 Å². The highest BCUT2D eigenvalue weighted by molar-refractivity contribution is 5.04. The first kappa shape index (κ1) is 14.6. The Kier molecular flexibility index (Phi) is 5.17. The van der Waals surface area contributed by atoms with Gasteiger partial charge in [-0.2, -0.15) is 0 Å². The molecule has 1 saturated heterocycles. The van der Waals surface area contributed by atoms with E-state index in [1.54, 1.807) is 0 Å². The van der Waals surface area contributed by atoms with Crippen molar-refractivity contribution in [2.45, 2.75) is 95.5 Å². The van der Waals surface area contributed by atoms with Crippen LogP contribution in [0.4, 0.5) is 0 Å². The molecule has 1 aliphatic heterocycles. The van der Waals surface area contributed by atoms with E-state index in [-0.39, 0.29) is 0 Å².